The Morgan fingerprint density at radius 1 is 1.09 bits per heavy atom. The Hall–Kier alpha value is -4.80. The maximum absolute atomic E-state index is 12.2. The molecule has 11 heteroatoms. The van der Waals surface area contributed by atoms with Gasteiger partial charge in [0, 0.05) is 12.1 Å². The summed E-state index contributed by atoms with van der Waals surface area (Å²) >= 11 is 0. The molecule has 11 nitrogen and oxygen atoms in total. The van der Waals surface area contributed by atoms with E-state index in [0.717, 1.165) is 0 Å². The Balaban J connectivity index is 1.51. The summed E-state index contributed by atoms with van der Waals surface area (Å²) < 4.78 is 10.2. The van der Waals surface area contributed by atoms with Crippen molar-refractivity contribution in [3.05, 3.63) is 93.9 Å². The van der Waals surface area contributed by atoms with Crippen LogP contribution in [-0.2, 0) is 4.79 Å². The largest absolute Gasteiger partial charge is 0.459 e. The van der Waals surface area contributed by atoms with Gasteiger partial charge >= 0.3 is 5.97 Å². The molecule has 1 heterocycles. The van der Waals surface area contributed by atoms with Gasteiger partial charge in [0.05, 0.1) is 29.5 Å². The van der Waals surface area contributed by atoms with Crippen LogP contribution in [0.1, 0.15) is 26.5 Å². The minimum atomic E-state index is -0.686. The lowest BCUT2D eigenvalue weighted by molar-refractivity contribution is -0.384. The van der Waals surface area contributed by atoms with Gasteiger partial charge in [0.1, 0.15) is 5.75 Å². The van der Waals surface area contributed by atoms with E-state index in [1.54, 1.807) is 24.3 Å². The lowest BCUT2D eigenvalue weighted by Crippen LogP contribution is -2.34. The van der Waals surface area contributed by atoms with Gasteiger partial charge in [0.15, 0.2) is 5.76 Å². The van der Waals surface area contributed by atoms with Crippen molar-refractivity contribution < 1.29 is 28.5 Å². The maximum atomic E-state index is 12.2. The summed E-state index contributed by atoms with van der Waals surface area (Å²) in [7, 11) is 0. The van der Waals surface area contributed by atoms with E-state index in [1.165, 1.54) is 48.9 Å². The van der Waals surface area contributed by atoms with E-state index in [9.17, 15) is 24.5 Å². The van der Waals surface area contributed by atoms with Gasteiger partial charge < -0.3 is 14.5 Å². The van der Waals surface area contributed by atoms with Gasteiger partial charge in [-0.2, -0.15) is 5.10 Å². The van der Waals surface area contributed by atoms with E-state index in [4.69, 9.17) is 9.15 Å². The van der Waals surface area contributed by atoms with Gasteiger partial charge in [0.25, 0.3) is 17.5 Å². The summed E-state index contributed by atoms with van der Waals surface area (Å²) in [6.07, 6.45) is 2.67. The van der Waals surface area contributed by atoms with Crippen LogP contribution in [0.5, 0.6) is 5.75 Å². The van der Waals surface area contributed by atoms with Crippen LogP contribution >= 0.6 is 0 Å². The van der Waals surface area contributed by atoms with E-state index in [0.29, 0.717) is 5.56 Å². The summed E-state index contributed by atoms with van der Waals surface area (Å²) in [5.74, 6) is -1.47. The molecule has 2 amide bonds. The number of nitro groups is 1. The predicted octanol–water partition coefficient (Wildman–Crippen LogP) is 2.29. The van der Waals surface area contributed by atoms with Crippen LogP contribution in [0.15, 0.2) is 76.4 Å². The second kappa shape index (κ2) is 10.3. The quantitative estimate of drug-likeness (QED) is 0.181. The van der Waals surface area contributed by atoms with Gasteiger partial charge in [-0.25, -0.2) is 10.2 Å². The first-order valence-corrected chi connectivity index (χ1v) is 9.12. The average molecular weight is 436 g/mol. The van der Waals surface area contributed by atoms with Crippen LogP contribution in [0.25, 0.3) is 0 Å². The number of amides is 2. The van der Waals surface area contributed by atoms with E-state index in [2.05, 4.69) is 15.8 Å². The van der Waals surface area contributed by atoms with E-state index >= 15 is 0 Å². The van der Waals surface area contributed by atoms with E-state index in [-0.39, 0.29) is 29.3 Å². The number of hydrogen-bond donors (Lipinski definition) is 2. The first kappa shape index (κ1) is 21.9. The third kappa shape index (κ3) is 6.10. The summed E-state index contributed by atoms with van der Waals surface area (Å²) in [6, 6.07) is 14.4. The number of benzene rings is 2. The van der Waals surface area contributed by atoms with E-state index < -0.39 is 22.7 Å². The highest BCUT2D eigenvalue weighted by molar-refractivity contribution is 5.94. The topological polar surface area (TPSA) is 153 Å². The van der Waals surface area contributed by atoms with Gasteiger partial charge in [-0.3, -0.25) is 19.7 Å². The molecule has 0 fully saturated rings. The molecule has 1 aromatic heterocycles. The van der Waals surface area contributed by atoms with Crippen molar-refractivity contribution in [2.45, 2.75) is 0 Å². The molecule has 162 valence electrons. The fourth-order valence-corrected chi connectivity index (χ4v) is 2.42. The van der Waals surface area contributed by atoms with Crippen molar-refractivity contribution in [1.82, 2.24) is 10.7 Å². The fourth-order valence-electron chi connectivity index (χ4n) is 2.42. The number of ether oxygens (including phenoxy) is 1. The third-order valence-corrected chi connectivity index (χ3v) is 3.94. The van der Waals surface area contributed by atoms with Crippen molar-refractivity contribution in [1.29, 1.82) is 0 Å². The molecule has 0 radical (unpaired) electrons. The van der Waals surface area contributed by atoms with Gasteiger partial charge in [-0.1, -0.05) is 12.1 Å². The van der Waals surface area contributed by atoms with Crippen LogP contribution in [0, 0.1) is 10.1 Å². The highest BCUT2D eigenvalue weighted by atomic mass is 16.6. The third-order valence-electron chi connectivity index (χ3n) is 3.94. The van der Waals surface area contributed by atoms with Gasteiger partial charge in [-0.05, 0) is 42.0 Å². The number of carbonyl (C=O) groups excluding carboxylic acids is 3. The lowest BCUT2D eigenvalue weighted by atomic mass is 10.2. The van der Waals surface area contributed by atoms with Crippen LogP contribution in [0.4, 0.5) is 5.69 Å². The van der Waals surface area contributed by atoms with Crippen molar-refractivity contribution in [2.75, 3.05) is 6.54 Å². The molecule has 3 aromatic rings. The van der Waals surface area contributed by atoms with Crippen LogP contribution in [0.3, 0.4) is 0 Å². The second-order valence-corrected chi connectivity index (χ2v) is 6.22. The number of nitro benzene ring substituents is 1. The second-order valence-electron chi connectivity index (χ2n) is 6.22. The Bertz CT molecular complexity index is 1160. The van der Waals surface area contributed by atoms with Crippen LogP contribution in [0.2, 0.25) is 0 Å². The normalized spacial score (nSPS) is 10.5. The highest BCUT2D eigenvalue weighted by Crippen LogP contribution is 2.16. The van der Waals surface area contributed by atoms with Crippen molar-refractivity contribution in [2.24, 2.45) is 5.10 Å². The summed E-state index contributed by atoms with van der Waals surface area (Å²) in [6.45, 7) is -0.302. The van der Waals surface area contributed by atoms with E-state index in [1.807, 2.05) is 0 Å². The molecule has 0 aliphatic heterocycles. The smallest absolute Gasteiger partial charge is 0.343 e. The first-order chi connectivity index (χ1) is 15.4. The Morgan fingerprint density at radius 3 is 2.56 bits per heavy atom. The zero-order valence-electron chi connectivity index (χ0n) is 16.4. The van der Waals surface area contributed by atoms with Crippen LogP contribution in [-0.4, -0.2) is 35.5 Å². The molecule has 0 spiro atoms. The SMILES string of the molecule is O=C(CNC(=O)c1ccco1)N/N=C\c1cccc(OC(=O)c2ccc([N+](=O)[O-])cc2)c1. The molecule has 0 atom stereocenters. The number of non-ortho nitro benzene ring substituents is 1. The predicted molar refractivity (Wildman–Crippen MR) is 111 cm³/mol. The number of nitrogens with one attached hydrogen (secondary N) is 2. The average Bonchev–Trinajstić information content (AvgIpc) is 3.33. The number of esters is 1. The van der Waals surface area contributed by atoms with Gasteiger partial charge in [0.2, 0.25) is 0 Å². The molecule has 0 aliphatic rings. The van der Waals surface area contributed by atoms with Crippen molar-refractivity contribution >= 4 is 29.7 Å². The molecular weight excluding hydrogens is 420 g/mol. The number of hydrogen-bond acceptors (Lipinski definition) is 8. The minimum Gasteiger partial charge on any atom is -0.459 e. The standard InChI is InChI=1S/C21H16N4O7/c26-19(13-22-20(27)18-5-2-10-31-18)24-23-12-14-3-1-4-17(11-14)32-21(28)15-6-8-16(9-7-15)25(29)30/h1-12H,13H2,(H,22,27)(H,24,26)/b23-12-. The Labute approximate surface area is 180 Å². The number of carbonyl (C=O) groups is 3. The Morgan fingerprint density at radius 2 is 1.88 bits per heavy atom. The minimum absolute atomic E-state index is 0.0846. The molecule has 2 aromatic carbocycles. The zero-order valence-corrected chi connectivity index (χ0v) is 16.4. The maximum Gasteiger partial charge on any atom is 0.343 e. The number of rotatable bonds is 8. The first-order valence-electron chi connectivity index (χ1n) is 9.12. The van der Waals surface area contributed by atoms with Crippen molar-refractivity contribution in [3.8, 4) is 5.75 Å². The van der Waals surface area contributed by atoms with Crippen LogP contribution < -0.4 is 15.5 Å². The lowest BCUT2D eigenvalue weighted by Gasteiger charge is -2.05. The molecule has 0 saturated carbocycles. The summed E-state index contributed by atoms with van der Waals surface area (Å²) in [5, 5.41) is 16.8. The van der Waals surface area contributed by atoms with Gasteiger partial charge in [-0.15, -0.1) is 0 Å². The number of furan rings is 1. The zero-order chi connectivity index (χ0) is 22.9. The fraction of sp³-hybridized carbons (Fsp3) is 0.0476. The molecule has 0 saturated heterocycles. The molecule has 3 rings (SSSR count). The molecule has 32 heavy (non-hydrogen) atoms. The Kier molecular flexibility index (Phi) is 7.05. The molecule has 0 aliphatic carbocycles. The summed E-state index contributed by atoms with van der Waals surface area (Å²) in [4.78, 5) is 45.8. The number of hydrazone groups is 1. The highest BCUT2D eigenvalue weighted by Gasteiger charge is 2.12. The molecular formula is C21H16N4O7. The molecule has 0 unspecified atom stereocenters. The molecule has 2 N–H and O–H groups in total. The monoisotopic (exact) mass is 436 g/mol. The van der Waals surface area contributed by atoms with Crippen molar-refractivity contribution in [3.63, 3.8) is 0 Å². The number of nitrogens with zero attached hydrogens (tertiary/aromatic N) is 2. The summed E-state index contributed by atoms with van der Waals surface area (Å²) in [5.41, 5.74) is 2.80. The molecule has 0 bridgehead atoms.